The highest BCUT2D eigenvalue weighted by atomic mass is 16.5. The lowest BCUT2D eigenvalue weighted by Gasteiger charge is -2.34. The molecule has 1 saturated carbocycles. The van der Waals surface area contributed by atoms with Crippen LogP contribution in [0.2, 0.25) is 0 Å². The van der Waals surface area contributed by atoms with Crippen LogP contribution in [0.5, 0.6) is 0 Å². The predicted octanol–water partition coefficient (Wildman–Crippen LogP) is 17.8. The monoisotopic (exact) mass is 1530 g/mol. The van der Waals surface area contributed by atoms with E-state index in [1.807, 2.05) is 133 Å². The lowest BCUT2D eigenvalue weighted by Crippen LogP contribution is -2.40. The summed E-state index contributed by atoms with van der Waals surface area (Å²) >= 11 is 0. The summed E-state index contributed by atoms with van der Waals surface area (Å²) in [6, 6.07) is 34.1. The van der Waals surface area contributed by atoms with Gasteiger partial charge in [-0.05, 0) is 209 Å². The Labute approximate surface area is 666 Å². The van der Waals surface area contributed by atoms with Gasteiger partial charge in [0.15, 0.2) is 5.58 Å². The van der Waals surface area contributed by atoms with E-state index >= 15 is 0 Å². The summed E-state index contributed by atoms with van der Waals surface area (Å²) in [5, 5.41) is 15.1. The third kappa shape index (κ3) is 23.1. The molecule has 0 unspecified atom stereocenters. The number of aryl methyl sites for hydroxylation is 3. The molecule has 5 amide bonds. The maximum absolute atomic E-state index is 12.6. The SMILES string of the molecule is CC(C)C1CCN(C(=O)Cc2cc(C3CC3)nn2C)CC1.CC(C)C1CCN(C(=O)Cc2cnn(-c3ccccc3)c2)CC1.CC(C)C1CCN(C(=O)Cc2coc(-c3ccccc3)n2)CC1.CCc1ccc2c(CC(=O)N3CCC(C(C)C)CC3)coc2c1.Cc1cccc2c(CC(=O)N3CCC(C(C)C)CC3)noc12. The first-order valence-electron chi connectivity index (χ1n) is 42.3. The smallest absolute Gasteiger partial charge is 0.228 e. The number of benzene rings is 4. The number of aromatic nitrogens is 6. The maximum atomic E-state index is 12.6. The highest BCUT2D eigenvalue weighted by Crippen LogP contribution is 2.40. The lowest BCUT2D eigenvalue weighted by molar-refractivity contribution is -0.133. The number of amides is 5. The molecule has 0 spiro atoms. The first-order valence-corrected chi connectivity index (χ1v) is 42.3. The normalized spacial score (nSPS) is 17.0. The van der Waals surface area contributed by atoms with Gasteiger partial charge in [0, 0.05) is 112 Å². The van der Waals surface area contributed by atoms with Crippen molar-refractivity contribution >= 4 is 51.5 Å². The van der Waals surface area contributed by atoms with Gasteiger partial charge in [0.25, 0.3) is 0 Å². The number of hydrogen-bond donors (Lipinski definition) is 0. The van der Waals surface area contributed by atoms with Crippen molar-refractivity contribution < 1.29 is 37.3 Å². The van der Waals surface area contributed by atoms with Crippen molar-refractivity contribution in [1.82, 2.24) is 54.2 Å². The minimum absolute atomic E-state index is 0.153. The van der Waals surface area contributed by atoms with Gasteiger partial charge in [-0.3, -0.25) is 28.7 Å². The van der Waals surface area contributed by atoms with Gasteiger partial charge < -0.3 is 37.9 Å². The average molecular weight is 1530 g/mol. The molecule has 0 N–H and O–H groups in total. The zero-order chi connectivity index (χ0) is 79.5. The van der Waals surface area contributed by atoms with Crippen molar-refractivity contribution in [2.75, 3.05) is 65.4 Å². The van der Waals surface area contributed by atoms with Gasteiger partial charge in [-0.1, -0.05) is 142 Å². The number of carbonyl (C=O) groups is 5. The van der Waals surface area contributed by atoms with Gasteiger partial charge in [0.1, 0.15) is 17.5 Å². The number of hydrogen-bond acceptors (Lipinski definition) is 12. The fraction of sp³-hybridized carbons (Fsp3) is 0.559. The van der Waals surface area contributed by atoms with E-state index in [1.54, 1.807) is 18.7 Å². The van der Waals surface area contributed by atoms with Gasteiger partial charge in [-0.15, -0.1) is 0 Å². The Morgan fingerprint density at radius 1 is 0.473 bits per heavy atom. The average Bonchev–Trinajstić information content (AvgIpc) is 1.80. The van der Waals surface area contributed by atoms with Crippen molar-refractivity contribution in [2.45, 2.75) is 205 Å². The number of nitrogens with zero attached hydrogens (tertiary/aromatic N) is 11. The van der Waals surface area contributed by atoms with E-state index in [9.17, 15) is 24.0 Å². The number of rotatable bonds is 19. The van der Waals surface area contributed by atoms with Crippen molar-refractivity contribution in [3.8, 4) is 17.1 Å². The molecule has 19 heteroatoms. The molecule has 5 aromatic heterocycles. The first-order chi connectivity index (χ1) is 53.9. The zero-order valence-corrected chi connectivity index (χ0v) is 69.5. The standard InChI is InChI=1S/C20H27NO2.C19H25N3O.C19H24N2O2.C18H24N2O2.C17H27N3O/c1-4-15-5-6-18-17(13-23-19(18)11-15)12-20(22)21-9-7-16(8-10-21)14(2)3;1-15(2)17-8-10-21(11-9-17)19(23)12-16-13-20-22(14-16)18-6-4-3-5-7-18;1-14(2)15-8-10-21(11-9-15)18(22)12-17-13-23-19(20-17)16-6-4-3-5-7-16;1-12(2)14-7-9-20(10-8-14)17(21)11-16-15-6-4-5-13(3)18(15)22-19-16;1-12(2)13-6-8-20(9-7-13)17(21)11-15-10-16(14-4-5-14)18-19(15)3/h5-6,11,13-14,16H,4,7-10,12H2,1-3H3;3-7,13-15,17H,8-12H2,1-2H3;3-7,13-15H,8-12H2,1-2H3;4-6,12,14H,7-11H2,1-3H3;10,12-14H,4-9,11H2,1-3H3. The summed E-state index contributed by atoms with van der Waals surface area (Å²) in [4.78, 5) is 77.0. The molecule has 19 nitrogen and oxygen atoms in total. The molecule has 6 fully saturated rings. The Balaban J connectivity index is 0.000000138. The molecule has 5 aliphatic heterocycles. The lowest BCUT2D eigenvalue weighted by atomic mass is 9.86. The number of oxazole rings is 1. The predicted molar refractivity (Wildman–Crippen MR) is 444 cm³/mol. The van der Waals surface area contributed by atoms with Crippen molar-refractivity contribution in [3.05, 3.63) is 173 Å². The Morgan fingerprint density at radius 2 is 0.946 bits per heavy atom. The quantitative estimate of drug-likeness (QED) is 0.0742. The molecule has 6 aliphatic rings. The summed E-state index contributed by atoms with van der Waals surface area (Å²) in [5.74, 6) is 9.67. The van der Waals surface area contributed by atoms with Gasteiger partial charge >= 0.3 is 0 Å². The van der Waals surface area contributed by atoms with Crippen LogP contribution in [-0.2, 0) is 69.5 Å². The van der Waals surface area contributed by atoms with E-state index in [2.05, 4.69) is 121 Å². The van der Waals surface area contributed by atoms with Crippen molar-refractivity contribution in [3.63, 3.8) is 0 Å². The highest BCUT2D eigenvalue weighted by molar-refractivity contribution is 5.89. The highest BCUT2D eigenvalue weighted by Gasteiger charge is 2.32. The zero-order valence-electron chi connectivity index (χ0n) is 69.5. The van der Waals surface area contributed by atoms with Crippen LogP contribution < -0.4 is 0 Å². The molecule has 5 saturated heterocycles. The number of para-hydroxylation sites is 2. The molecule has 9 aromatic rings. The van der Waals surface area contributed by atoms with Crippen molar-refractivity contribution in [2.24, 2.45) is 66.2 Å². The Morgan fingerprint density at radius 3 is 1.44 bits per heavy atom. The van der Waals surface area contributed by atoms with Crippen LogP contribution in [0.4, 0.5) is 0 Å². The van der Waals surface area contributed by atoms with Crippen LogP contribution in [-0.4, -0.2) is 149 Å². The number of fused-ring (bicyclic) bond motifs is 2. The number of likely N-dealkylation sites (tertiary alicyclic amines) is 5. The third-order valence-electron chi connectivity index (χ3n) is 25.0. The van der Waals surface area contributed by atoms with Crippen molar-refractivity contribution in [1.29, 1.82) is 0 Å². The topological polar surface area (TPSA) is 202 Å². The summed E-state index contributed by atoms with van der Waals surface area (Å²) in [7, 11) is 1.96. The Hall–Kier alpha value is -9.13. The summed E-state index contributed by atoms with van der Waals surface area (Å²) in [6.07, 6.45) is 23.9. The van der Waals surface area contributed by atoms with Crippen LogP contribution in [0.25, 0.3) is 39.1 Å². The van der Waals surface area contributed by atoms with E-state index in [-0.39, 0.29) is 29.5 Å². The summed E-state index contributed by atoms with van der Waals surface area (Å²) in [5.41, 5.74) is 11.7. The molecule has 0 bridgehead atoms. The molecule has 0 atom stereocenters. The minimum Gasteiger partial charge on any atom is -0.464 e. The second-order valence-corrected chi connectivity index (χ2v) is 34.3. The minimum atomic E-state index is 0.153. The fourth-order valence-electron chi connectivity index (χ4n) is 16.7. The second-order valence-electron chi connectivity index (χ2n) is 34.3. The molecule has 10 heterocycles. The molecule has 15 rings (SSSR count). The molecule has 1 aliphatic carbocycles. The van der Waals surface area contributed by atoms with Gasteiger partial charge in [0.2, 0.25) is 35.4 Å². The van der Waals surface area contributed by atoms with Crippen LogP contribution >= 0.6 is 0 Å². The maximum Gasteiger partial charge on any atom is 0.228 e. The molecule has 112 heavy (non-hydrogen) atoms. The Bertz CT molecular complexity index is 4320. The van der Waals surface area contributed by atoms with Crippen LogP contribution in [0.1, 0.15) is 204 Å². The number of piperidine rings is 5. The van der Waals surface area contributed by atoms with Crippen LogP contribution in [0, 0.1) is 66.1 Å². The second kappa shape index (κ2) is 40.1. The van der Waals surface area contributed by atoms with Crippen LogP contribution in [0.3, 0.4) is 0 Å². The van der Waals surface area contributed by atoms with E-state index < -0.39 is 0 Å². The van der Waals surface area contributed by atoms with Gasteiger partial charge in [-0.2, -0.15) is 10.2 Å². The fourth-order valence-corrected chi connectivity index (χ4v) is 16.7. The molecule has 0 radical (unpaired) electrons. The van der Waals surface area contributed by atoms with Gasteiger partial charge in [-0.25, -0.2) is 9.67 Å². The molecule has 602 valence electrons. The largest absolute Gasteiger partial charge is 0.464 e. The van der Waals surface area contributed by atoms with E-state index in [0.717, 1.165) is 245 Å². The third-order valence-corrected chi connectivity index (χ3v) is 25.0. The number of carbonyl (C=O) groups excluding carboxylic acids is 5. The van der Waals surface area contributed by atoms with Gasteiger partial charge in [0.05, 0.1) is 61.6 Å². The summed E-state index contributed by atoms with van der Waals surface area (Å²) < 4.78 is 20.3. The van der Waals surface area contributed by atoms with Crippen LogP contribution in [0.15, 0.2) is 141 Å². The van der Waals surface area contributed by atoms with E-state index in [1.165, 1.54) is 24.1 Å². The first kappa shape index (κ1) is 83.8. The van der Waals surface area contributed by atoms with E-state index in [0.29, 0.717) is 61.4 Å². The Kier molecular flexibility index (Phi) is 30.0. The molecular formula is C93H127N11O8. The summed E-state index contributed by atoms with van der Waals surface area (Å²) in [6.45, 7) is 35.8. The molecule has 4 aromatic carbocycles. The molecular weight excluding hydrogens is 1400 g/mol. The number of furan rings is 1. The van der Waals surface area contributed by atoms with E-state index in [4.69, 9.17) is 13.4 Å².